The number of hydrogen-bond acceptors (Lipinski definition) is 5. The van der Waals surface area contributed by atoms with Crippen molar-refractivity contribution in [2.45, 2.75) is 12.5 Å². The van der Waals surface area contributed by atoms with E-state index in [4.69, 9.17) is 20.3 Å². The molecule has 0 radical (unpaired) electrons. The van der Waals surface area contributed by atoms with E-state index in [1.165, 1.54) is 0 Å². The number of nitrogens with two attached hydrogens (primary N) is 1. The largest absolute Gasteiger partial charge is 0.480 e. The number of nitrogens with one attached hydrogen (secondary N) is 1. The Hall–Kier alpha value is -2.28. The zero-order valence-corrected chi connectivity index (χ0v) is 10.1. The van der Waals surface area contributed by atoms with E-state index in [0.717, 1.165) is 0 Å². The maximum absolute atomic E-state index is 11.8. The molecule has 102 valence electrons. The Morgan fingerprint density at radius 3 is 2.84 bits per heavy atom. The Morgan fingerprint density at radius 1 is 1.37 bits per heavy atom. The van der Waals surface area contributed by atoms with Crippen LogP contribution in [-0.4, -0.2) is 36.4 Å². The van der Waals surface area contributed by atoms with Crippen molar-refractivity contribution in [3.05, 3.63) is 23.8 Å². The standard InChI is InChI=1S/C12H14N2O5/c13-8(12(16)17)3-4-14-11(15)7-1-2-9-10(5-7)19-6-18-9/h1-2,5,8H,3-4,6,13H2,(H,14,15)(H,16,17)/t8-/m0/s1. The minimum Gasteiger partial charge on any atom is -0.480 e. The quantitative estimate of drug-likeness (QED) is 0.689. The zero-order chi connectivity index (χ0) is 13.8. The molecule has 1 heterocycles. The number of amides is 1. The first-order valence-electron chi connectivity index (χ1n) is 5.74. The molecule has 0 bridgehead atoms. The van der Waals surface area contributed by atoms with Gasteiger partial charge in [-0.2, -0.15) is 0 Å². The van der Waals surface area contributed by atoms with Crippen molar-refractivity contribution in [1.29, 1.82) is 0 Å². The summed E-state index contributed by atoms with van der Waals surface area (Å²) in [6, 6.07) is 3.87. The average Bonchev–Trinajstić information content (AvgIpc) is 2.85. The first-order chi connectivity index (χ1) is 9.08. The molecule has 7 nitrogen and oxygen atoms in total. The van der Waals surface area contributed by atoms with Crippen molar-refractivity contribution in [3.8, 4) is 11.5 Å². The fraction of sp³-hybridized carbons (Fsp3) is 0.333. The minimum atomic E-state index is -1.09. The van der Waals surface area contributed by atoms with Crippen molar-refractivity contribution in [2.75, 3.05) is 13.3 Å². The fourth-order valence-corrected chi connectivity index (χ4v) is 1.60. The molecule has 0 aliphatic carbocycles. The Labute approximate surface area is 109 Å². The van der Waals surface area contributed by atoms with Gasteiger partial charge in [-0.25, -0.2) is 0 Å². The molecule has 1 aliphatic heterocycles. The highest BCUT2D eigenvalue weighted by molar-refractivity contribution is 5.94. The molecule has 19 heavy (non-hydrogen) atoms. The van der Waals surface area contributed by atoms with Gasteiger partial charge in [0.05, 0.1) is 0 Å². The molecular weight excluding hydrogens is 252 g/mol. The summed E-state index contributed by atoms with van der Waals surface area (Å²) in [6.45, 7) is 0.342. The Balaban J connectivity index is 1.88. The predicted molar refractivity (Wildman–Crippen MR) is 65.1 cm³/mol. The normalized spacial score (nSPS) is 13.9. The zero-order valence-electron chi connectivity index (χ0n) is 10.1. The molecule has 0 spiro atoms. The van der Waals surface area contributed by atoms with Gasteiger partial charge in [-0.1, -0.05) is 0 Å². The van der Waals surface area contributed by atoms with Crippen molar-refractivity contribution in [1.82, 2.24) is 5.32 Å². The number of carboxylic acids is 1. The number of aliphatic carboxylic acids is 1. The second-order valence-electron chi connectivity index (χ2n) is 4.06. The summed E-state index contributed by atoms with van der Waals surface area (Å²) in [5.74, 6) is -0.271. The average molecular weight is 266 g/mol. The maximum Gasteiger partial charge on any atom is 0.320 e. The molecule has 0 saturated heterocycles. The molecule has 1 amide bonds. The summed E-state index contributed by atoms with van der Waals surface area (Å²) in [5, 5.41) is 11.2. The Bertz CT molecular complexity index is 503. The number of benzene rings is 1. The first kappa shape index (κ1) is 13.2. The molecular formula is C12H14N2O5. The highest BCUT2D eigenvalue weighted by atomic mass is 16.7. The van der Waals surface area contributed by atoms with E-state index in [1.807, 2.05) is 0 Å². The third-order valence-electron chi connectivity index (χ3n) is 2.69. The minimum absolute atomic E-state index is 0.147. The lowest BCUT2D eigenvalue weighted by atomic mass is 10.1. The first-order valence-corrected chi connectivity index (χ1v) is 5.74. The lowest BCUT2D eigenvalue weighted by Gasteiger charge is -2.08. The van der Waals surface area contributed by atoms with Gasteiger partial charge in [-0.05, 0) is 24.6 Å². The van der Waals surface area contributed by atoms with Crippen LogP contribution in [0.2, 0.25) is 0 Å². The van der Waals surface area contributed by atoms with Gasteiger partial charge in [-0.15, -0.1) is 0 Å². The van der Waals surface area contributed by atoms with E-state index in [0.29, 0.717) is 17.1 Å². The van der Waals surface area contributed by atoms with E-state index >= 15 is 0 Å². The van der Waals surface area contributed by atoms with Gasteiger partial charge in [0, 0.05) is 12.1 Å². The topological polar surface area (TPSA) is 111 Å². The van der Waals surface area contributed by atoms with Gasteiger partial charge in [0.25, 0.3) is 5.91 Å². The van der Waals surface area contributed by atoms with Gasteiger partial charge in [0.1, 0.15) is 6.04 Å². The molecule has 2 rings (SSSR count). The highest BCUT2D eigenvalue weighted by Crippen LogP contribution is 2.32. The van der Waals surface area contributed by atoms with Crippen LogP contribution in [0.25, 0.3) is 0 Å². The Kier molecular flexibility index (Phi) is 3.86. The van der Waals surface area contributed by atoms with E-state index < -0.39 is 12.0 Å². The molecule has 7 heteroatoms. The number of ether oxygens (including phenoxy) is 2. The van der Waals surface area contributed by atoms with Crippen molar-refractivity contribution >= 4 is 11.9 Å². The van der Waals surface area contributed by atoms with Crippen LogP contribution in [0.4, 0.5) is 0 Å². The number of carbonyl (C=O) groups is 2. The van der Waals surface area contributed by atoms with E-state index in [-0.39, 0.29) is 25.7 Å². The van der Waals surface area contributed by atoms with Crippen LogP contribution in [0, 0.1) is 0 Å². The SMILES string of the molecule is N[C@@H](CCNC(=O)c1ccc2c(c1)OCO2)C(=O)O. The molecule has 1 aromatic carbocycles. The summed E-state index contributed by atoms with van der Waals surface area (Å²) in [5.41, 5.74) is 5.75. The highest BCUT2D eigenvalue weighted by Gasteiger charge is 2.16. The molecule has 1 atom stereocenters. The predicted octanol–water partition coefficient (Wildman–Crippen LogP) is -0.0529. The molecule has 4 N–H and O–H groups in total. The van der Waals surface area contributed by atoms with Crippen molar-refractivity contribution in [3.63, 3.8) is 0 Å². The molecule has 0 saturated carbocycles. The van der Waals surface area contributed by atoms with Crippen molar-refractivity contribution < 1.29 is 24.2 Å². The van der Waals surface area contributed by atoms with Crippen LogP contribution in [0.1, 0.15) is 16.8 Å². The number of carbonyl (C=O) groups excluding carboxylic acids is 1. The summed E-state index contributed by atoms with van der Waals surface area (Å²) in [7, 11) is 0. The maximum atomic E-state index is 11.8. The van der Waals surface area contributed by atoms with Crippen LogP contribution < -0.4 is 20.5 Å². The number of rotatable bonds is 5. The number of hydrogen-bond donors (Lipinski definition) is 3. The van der Waals surface area contributed by atoms with Crippen LogP contribution >= 0.6 is 0 Å². The van der Waals surface area contributed by atoms with Crippen LogP contribution in [0.5, 0.6) is 11.5 Å². The summed E-state index contributed by atoms with van der Waals surface area (Å²) >= 11 is 0. The fourth-order valence-electron chi connectivity index (χ4n) is 1.60. The second-order valence-corrected chi connectivity index (χ2v) is 4.06. The van der Waals surface area contributed by atoms with Gasteiger partial charge < -0.3 is 25.6 Å². The van der Waals surface area contributed by atoms with E-state index in [2.05, 4.69) is 5.32 Å². The summed E-state index contributed by atoms with van der Waals surface area (Å²) in [6.07, 6.45) is 0.172. The van der Waals surface area contributed by atoms with Gasteiger partial charge in [0.15, 0.2) is 11.5 Å². The summed E-state index contributed by atoms with van der Waals surface area (Å²) in [4.78, 5) is 22.3. The van der Waals surface area contributed by atoms with Crippen LogP contribution in [-0.2, 0) is 4.79 Å². The van der Waals surface area contributed by atoms with E-state index in [9.17, 15) is 9.59 Å². The smallest absolute Gasteiger partial charge is 0.320 e. The molecule has 0 unspecified atom stereocenters. The molecule has 0 aromatic heterocycles. The van der Waals surface area contributed by atoms with E-state index in [1.54, 1.807) is 18.2 Å². The monoisotopic (exact) mass is 266 g/mol. The third kappa shape index (κ3) is 3.14. The van der Waals surface area contributed by atoms with Crippen LogP contribution in [0.15, 0.2) is 18.2 Å². The third-order valence-corrected chi connectivity index (χ3v) is 2.69. The number of carboxylic acid groups (broad SMARTS) is 1. The lowest BCUT2D eigenvalue weighted by Crippen LogP contribution is -2.35. The second kappa shape index (κ2) is 5.57. The van der Waals surface area contributed by atoms with Gasteiger partial charge in [-0.3, -0.25) is 9.59 Å². The molecule has 1 aromatic rings. The Morgan fingerprint density at radius 2 is 2.11 bits per heavy atom. The number of fused-ring (bicyclic) bond motifs is 1. The molecule has 1 aliphatic rings. The van der Waals surface area contributed by atoms with Crippen molar-refractivity contribution in [2.24, 2.45) is 5.73 Å². The van der Waals surface area contributed by atoms with Gasteiger partial charge in [0.2, 0.25) is 6.79 Å². The summed E-state index contributed by atoms with van der Waals surface area (Å²) < 4.78 is 10.3. The lowest BCUT2D eigenvalue weighted by molar-refractivity contribution is -0.138. The van der Waals surface area contributed by atoms with Crippen LogP contribution in [0.3, 0.4) is 0 Å². The van der Waals surface area contributed by atoms with Gasteiger partial charge >= 0.3 is 5.97 Å². The molecule has 0 fully saturated rings.